The van der Waals surface area contributed by atoms with Gasteiger partial charge in [0.05, 0.1) is 0 Å². The first kappa shape index (κ1) is 17.9. The normalized spacial score (nSPS) is 7.58. The predicted molar refractivity (Wildman–Crippen MR) is 46.5 cm³/mol. The SMILES string of the molecule is CC(=O)O.CCCCCCN.[Cu]. The first-order chi connectivity index (χ1) is 5.15. The van der Waals surface area contributed by atoms with Gasteiger partial charge < -0.3 is 10.8 Å². The van der Waals surface area contributed by atoms with Crippen LogP contribution < -0.4 is 5.73 Å². The zero-order chi connectivity index (χ0) is 9.11. The number of aliphatic carboxylic acids is 1. The number of hydrogen-bond donors (Lipinski definition) is 2. The summed E-state index contributed by atoms with van der Waals surface area (Å²) < 4.78 is 0. The molecule has 0 saturated heterocycles. The van der Waals surface area contributed by atoms with Crippen LogP contribution in [0.1, 0.15) is 39.5 Å². The number of hydrogen-bond acceptors (Lipinski definition) is 2. The number of unbranched alkanes of at least 4 members (excludes halogenated alkanes) is 3. The number of carbonyl (C=O) groups is 1. The van der Waals surface area contributed by atoms with Crippen molar-refractivity contribution >= 4 is 5.97 Å². The maximum atomic E-state index is 9.00. The van der Waals surface area contributed by atoms with Gasteiger partial charge in [-0.15, -0.1) is 0 Å². The molecule has 0 saturated carbocycles. The molecule has 1 radical (unpaired) electrons. The zero-order valence-electron chi connectivity index (χ0n) is 7.77. The van der Waals surface area contributed by atoms with Gasteiger partial charge in [0, 0.05) is 24.0 Å². The van der Waals surface area contributed by atoms with E-state index in [-0.39, 0.29) is 17.1 Å². The van der Waals surface area contributed by atoms with Crippen LogP contribution in [-0.2, 0) is 21.9 Å². The second kappa shape index (κ2) is 17.2. The standard InChI is InChI=1S/C6H15N.C2H4O2.Cu/c1-2-3-4-5-6-7;1-2(3)4;/h2-7H2,1H3;1H3,(H,3,4);. The van der Waals surface area contributed by atoms with E-state index in [1.54, 1.807) is 0 Å². The van der Waals surface area contributed by atoms with Gasteiger partial charge in [-0.3, -0.25) is 4.79 Å². The summed E-state index contributed by atoms with van der Waals surface area (Å²) in [7, 11) is 0. The molecule has 0 amide bonds. The summed E-state index contributed by atoms with van der Waals surface area (Å²) in [5.74, 6) is -0.833. The van der Waals surface area contributed by atoms with Crippen molar-refractivity contribution in [2.75, 3.05) is 6.54 Å². The van der Waals surface area contributed by atoms with Crippen LogP contribution in [0.4, 0.5) is 0 Å². The molecule has 0 unspecified atom stereocenters. The Bertz CT molecular complexity index is 81.1. The van der Waals surface area contributed by atoms with Crippen LogP contribution >= 0.6 is 0 Å². The topological polar surface area (TPSA) is 63.3 Å². The summed E-state index contributed by atoms with van der Waals surface area (Å²) in [6.07, 6.45) is 5.16. The molecule has 0 aliphatic rings. The fourth-order valence-corrected chi connectivity index (χ4v) is 0.571. The van der Waals surface area contributed by atoms with Crippen molar-refractivity contribution < 1.29 is 27.0 Å². The van der Waals surface area contributed by atoms with E-state index in [2.05, 4.69) is 6.92 Å². The van der Waals surface area contributed by atoms with E-state index < -0.39 is 5.97 Å². The van der Waals surface area contributed by atoms with Crippen molar-refractivity contribution in [1.82, 2.24) is 0 Å². The van der Waals surface area contributed by atoms with Crippen LogP contribution in [0.5, 0.6) is 0 Å². The Morgan fingerprint density at radius 3 is 2.00 bits per heavy atom. The fraction of sp³-hybridized carbons (Fsp3) is 0.875. The molecule has 0 bridgehead atoms. The van der Waals surface area contributed by atoms with E-state index in [0.29, 0.717) is 0 Å². The van der Waals surface area contributed by atoms with E-state index in [9.17, 15) is 0 Å². The van der Waals surface area contributed by atoms with Gasteiger partial charge in [0.1, 0.15) is 0 Å². The molecule has 0 aromatic carbocycles. The first-order valence-corrected chi connectivity index (χ1v) is 4.04. The number of carboxylic acids is 1. The number of nitrogens with two attached hydrogens (primary N) is 1. The largest absolute Gasteiger partial charge is 0.481 e. The molecule has 4 heteroatoms. The minimum atomic E-state index is -0.833. The summed E-state index contributed by atoms with van der Waals surface area (Å²) in [6, 6.07) is 0. The molecule has 0 aromatic rings. The van der Waals surface area contributed by atoms with Gasteiger partial charge in [0.25, 0.3) is 5.97 Å². The van der Waals surface area contributed by atoms with Crippen molar-refractivity contribution in [2.24, 2.45) is 5.73 Å². The second-order valence-corrected chi connectivity index (χ2v) is 2.37. The van der Waals surface area contributed by atoms with E-state index in [4.69, 9.17) is 15.6 Å². The average Bonchev–Trinajstić information content (AvgIpc) is 1.88. The Morgan fingerprint density at radius 1 is 1.33 bits per heavy atom. The smallest absolute Gasteiger partial charge is 0.300 e. The third kappa shape index (κ3) is 51.1. The summed E-state index contributed by atoms with van der Waals surface area (Å²) in [6.45, 7) is 4.15. The average molecular weight is 225 g/mol. The van der Waals surface area contributed by atoms with Crippen molar-refractivity contribution in [3.8, 4) is 0 Å². The molecule has 3 N–H and O–H groups in total. The van der Waals surface area contributed by atoms with Gasteiger partial charge >= 0.3 is 0 Å². The van der Waals surface area contributed by atoms with Crippen LogP contribution in [0.15, 0.2) is 0 Å². The van der Waals surface area contributed by atoms with E-state index in [0.717, 1.165) is 13.5 Å². The summed E-state index contributed by atoms with van der Waals surface area (Å²) in [5.41, 5.74) is 5.27. The van der Waals surface area contributed by atoms with Crippen LogP contribution in [0.25, 0.3) is 0 Å². The summed E-state index contributed by atoms with van der Waals surface area (Å²) >= 11 is 0. The zero-order valence-corrected chi connectivity index (χ0v) is 8.71. The summed E-state index contributed by atoms with van der Waals surface area (Å²) in [4.78, 5) is 9.00. The van der Waals surface area contributed by atoms with E-state index >= 15 is 0 Å². The van der Waals surface area contributed by atoms with E-state index in [1.807, 2.05) is 0 Å². The maximum absolute atomic E-state index is 9.00. The molecule has 79 valence electrons. The molecule has 0 aliphatic carbocycles. The fourth-order valence-electron chi connectivity index (χ4n) is 0.571. The third-order valence-corrected chi connectivity index (χ3v) is 1.06. The predicted octanol–water partition coefficient (Wildman–Crippen LogP) is 1.61. The molecule has 0 fully saturated rings. The van der Waals surface area contributed by atoms with Crippen molar-refractivity contribution in [3.05, 3.63) is 0 Å². The van der Waals surface area contributed by atoms with Crippen molar-refractivity contribution in [2.45, 2.75) is 39.5 Å². The molecular formula is C8H19CuNO2. The monoisotopic (exact) mass is 224 g/mol. The Labute approximate surface area is 85.2 Å². The quantitative estimate of drug-likeness (QED) is 0.564. The van der Waals surface area contributed by atoms with Crippen molar-refractivity contribution in [3.63, 3.8) is 0 Å². The molecule has 0 spiro atoms. The number of carboxylic acid groups (broad SMARTS) is 1. The van der Waals surface area contributed by atoms with Gasteiger partial charge in [0.15, 0.2) is 0 Å². The van der Waals surface area contributed by atoms with Gasteiger partial charge in [-0.25, -0.2) is 0 Å². The minimum absolute atomic E-state index is 0. The van der Waals surface area contributed by atoms with Gasteiger partial charge in [0.2, 0.25) is 0 Å². The molecular weight excluding hydrogens is 206 g/mol. The maximum Gasteiger partial charge on any atom is 0.300 e. The molecule has 12 heavy (non-hydrogen) atoms. The van der Waals surface area contributed by atoms with Crippen LogP contribution in [0.3, 0.4) is 0 Å². The molecule has 0 aliphatic heterocycles. The second-order valence-electron chi connectivity index (χ2n) is 2.37. The number of rotatable bonds is 4. The van der Waals surface area contributed by atoms with Gasteiger partial charge in [-0.2, -0.15) is 0 Å². The summed E-state index contributed by atoms with van der Waals surface area (Å²) in [5, 5.41) is 7.42. The van der Waals surface area contributed by atoms with Crippen LogP contribution in [-0.4, -0.2) is 17.6 Å². The Kier molecular flexibility index (Phi) is 25.6. The Hall–Kier alpha value is -0.0505. The molecule has 0 aromatic heterocycles. The molecule has 0 heterocycles. The molecule has 0 atom stereocenters. The minimum Gasteiger partial charge on any atom is -0.481 e. The first-order valence-electron chi connectivity index (χ1n) is 4.04. The Balaban J connectivity index is -0.000000142. The van der Waals surface area contributed by atoms with Crippen LogP contribution in [0.2, 0.25) is 0 Å². The van der Waals surface area contributed by atoms with Crippen molar-refractivity contribution in [1.29, 1.82) is 0 Å². The van der Waals surface area contributed by atoms with Gasteiger partial charge in [-0.05, 0) is 13.0 Å². The molecule has 3 nitrogen and oxygen atoms in total. The van der Waals surface area contributed by atoms with Gasteiger partial charge in [-0.1, -0.05) is 26.2 Å². The molecule has 0 rings (SSSR count). The third-order valence-electron chi connectivity index (χ3n) is 1.06. The van der Waals surface area contributed by atoms with E-state index in [1.165, 1.54) is 25.7 Å². The Morgan fingerprint density at radius 2 is 1.75 bits per heavy atom. The van der Waals surface area contributed by atoms with Crippen LogP contribution in [0, 0.1) is 0 Å².